The molecule has 0 spiro atoms. The Kier molecular flexibility index (Phi) is 5.33. The zero-order chi connectivity index (χ0) is 18.8. The van der Waals surface area contributed by atoms with Crippen LogP contribution < -0.4 is 10.2 Å². The van der Waals surface area contributed by atoms with Crippen LogP contribution in [0.25, 0.3) is 0 Å². The lowest BCUT2D eigenvalue weighted by molar-refractivity contribution is -0.122. The molecule has 0 aliphatic carbocycles. The molecule has 26 heavy (non-hydrogen) atoms. The third-order valence-corrected chi connectivity index (χ3v) is 5.21. The fourth-order valence-electron chi connectivity index (χ4n) is 3.09. The van der Waals surface area contributed by atoms with Crippen LogP contribution >= 0.6 is 11.6 Å². The molecule has 2 aromatic carbocycles. The van der Waals surface area contributed by atoms with Gasteiger partial charge in [-0.2, -0.15) is 0 Å². The second-order valence-electron chi connectivity index (χ2n) is 7.10. The van der Waals surface area contributed by atoms with E-state index in [1.54, 1.807) is 11.0 Å². The minimum atomic E-state index is -0.368. The molecule has 4 nitrogen and oxygen atoms in total. The zero-order valence-electron chi connectivity index (χ0n) is 15.3. The molecule has 1 aliphatic heterocycles. The predicted molar refractivity (Wildman–Crippen MR) is 106 cm³/mol. The smallest absolute Gasteiger partial charge is 0.229 e. The van der Waals surface area contributed by atoms with Gasteiger partial charge in [0.2, 0.25) is 11.8 Å². The van der Waals surface area contributed by atoms with E-state index in [2.05, 4.69) is 19.2 Å². The molecule has 1 saturated heterocycles. The molecule has 136 valence electrons. The van der Waals surface area contributed by atoms with Crippen LogP contribution in [0.3, 0.4) is 0 Å². The minimum Gasteiger partial charge on any atom is -0.326 e. The van der Waals surface area contributed by atoms with Crippen molar-refractivity contribution < 1.29 is 9.59 Å². The highest BCUT2D eigenvalue weighted by atomic mass is 35.5. The van der Waals surface area contributed by atoms with Gasteiger partial charge in [0, 0.05) is 29.4 Å². The van der Waals surface area contributed by atoms with Crippen LogP contribution in [0, 0.1) is 12.8 Å². The summed E-state index contributed by atoms with van der Waals surface area (Å²) >= 11 is 6.10. The summed E-state index contributed by atoms with van der Waals surface area (Å²) in [4.78, 5) is 26.6. The molecule has 0 radical (unpaired) electrons. The molecule has 1 aliphatic rings. The van der Waals surface area contributed by atoms with Gasteiger partial charge < -0.3 is 10.2 Å². The van der Waals surface area contributed by atoms with Crippen molar-refractivity contribution in [3.63, 3.8) is 0 Å². The van der Waals surface area contributed by atoms with E-state index in [1.807, 2.05) is 43.3 Å². The van der Waals surface area contributed by atoms with Crippen LogP contribution in [0.2, 0.25) is 5.02 Å². The topological polar surface area (TPSA) is 49.4 Å². The molecule has 2 amide bonds. The van der Waals surface area contributed by atoms with E-state index >= 15 is 0 Å². The number of hydrogen-bond acceptors (Lipinski definition) is 2. The summed E-state index contributed by atoms with van der Waals surface area (Å²) in [5.74, 6) is -0.102. The number of hydrogen-bond donors (Lipinski definition) is 1. The Labute approximate surface area is 159 Å². The number of rotatable bonds is 4. The van der Waals surface area contributed by atoms with E-state index < -0.39 is 0 Å². The normalized spacial score (nSPS) is 17.0. The Morgan fingerprint density at radius 1 is 1.19 bits per heavy atom. The molecule has 1 atom stereocenters. The lowest BCUT2D eigenvalue weighted by Gasteiger charge is -2.18. The first kappa shape index (κ1) is 18.5. The Bertz CT molecular complexity index is 830. The highest BCUT2D eigenvalue weighted by molar-refractivity contribution is 6.31. The van der Waals surface area contributed by atoms with Crippen molar-refractivity contribution in [3.05, 3.63) is 58.6 Å². The highest BCUT2D eigenvalue weighted by Gasteiger charge is 2.35. The van der Waals surface area contributed by atoms with Crippen LogP contribution in [0.5, 0.6) is 0 Å². The van der Waals surface area contributed by atoms with Gasteiger partial charge in [0.1, 0.15) is 0 Å². The van der Waals surface area contributed by atoms with Gasteiger partial charge in [-0.3, -0.25) is 9.59 Å². The molecule has 0 saturated carbocycles. The number of nitrogens with zero attached hydrogens (tertiary/aromatic N) is 1. The van der Waals surface area contributed by atoms with Crippen molar-refractivity contribution in [2.75, 3.05) is 16.8 Å². The Hall–Kier alpha value is -2.33. The number of benzene rings is 2. The van der Waals surface area contributed by atoms with E-state index in [1.165, 1.54) is 5.56 Å². The zero-order valence-corrected chi connectivity index (χ0v) is 16.0. The summed E-state index contributed by atoms with van der Waals surface area (Å²) < 4.78 is 0. The predicted octanol–water partition coefficient (Wildman–Crippen LogP) is 4.76. The number of anilines is 2. The maximum absolute atomic E-state index is 12.5. The van der Waals surface area contributed by atoms with E-state index in [9.17, 15) is 9.59 Å². The average Bonchev–Trinajstić information content (AvgIpc) is 3.00. The minimum absolute atomic E-state index is 0.0237. The summed E-state index contributed by atoms with van der Waals surface area (Å²) in [5, 5.41) is 3.47. The van der Waals surface area contributed by atoms with Gasteiger partial charge in [-0.05, 0) is 48.2 Å². The van der Waals surface area contributed by atoms with Gasteiger partial charge >= 0.3 is 0 Å². The Morgan fingerprint density at radius 3 is 2.50 bits per heavy atom. The number of amides is 2. The van der Waals surface area contributed by atoms with E-state index in [4.69, 9.17) is 11.6 Å². The third-order valence-electron chi connectivity index (χ3n) is 4.81. The van der Waals surface area contributed by atoms with Gasteiger partial charge in [-0.1, -0.05) is 43.6 Å². The number of carbonyl (C=O) groups excluding carboxylic acids is 2. The fraction of sp³-hybridized carbons (Fsp3) is 0.333. The summed E-state index contributed by atoms with van der Waals surface area (Å²) in [7, 11) is 0. The second kappa shape index (κ2) is 7.50. The third kappa shape index (κ3) is 3.91. The standard InChI is InChI=1S/C21H23ClN2O2/c1-13(2)15-5-8-18(9-6-15)24-12-16(10-20(24)25)21(26)23-17-7-4-14(3)19(22)11-17/h4-9,11,13,16H,10,12H2,1-3H3,(H,23,26)/t16-/m0/s1. The van der Waals surface area contributed by atoms with Crippen molar-refractivity contribution in [2.24, 2.45) is 5.92 Å². The van der Waals surface area contributed by atoms with Crippen molar-refractivity contribution in [3.8, 4) is 0 Å². The summed E-state index contributed by atoms with van der Waals surface area (Å²) in [6.45, 7) is 6.57. The van der Waals surface area contributed by atoms with Gasteiger partial charge in [0.25, 0.3) is 0 Å². The summed E-state index contributed by atoms with van der Waals surface area (Å²) in [5.41, 5.74) is 3.67. The molecule has 0 aromatic heterocycles. The highest BCUT2D eigenvalue weighted by Crippen LogP contribution is 2.28. The van der Waals surface area contributed by atoms with Crippen LogP contribution in [-0.2, 0) is 9.59 Å². The van der Waals surface area contributed by atoms with E-state index in [-0.39, 0.29) is 24.2 Å². The SMILES string of the molecule is Cc1ccc(NC(=O)[C@H]2CC(=O)N(c3ccc(C(C)C)cc3)C2)cc1Cl. The first-order chi connectivity index (χ1) is 12.3. The second-order valence-corrected chi connectivity index (χ2v) is 7.51. The average molecular weight is 371 g/mol. The molecular formula is C21H23ClN2O2. The largest absolute Gasteiger partial charge is 0.326 e. The molecule has 1 N–H and O–H groups in total. The maximum atomic E-state index is 12.5. The maximum Gasteiger partial charge on any atom is 0.229 e. The summed E-state index contributed by atoms with van der Waals surface area (Å²) in [6, 6.07) is 13.4. The van der Waals surface area contributed by atoms with Gasteiger partial charge in [-0.15, -0.1) is 0 Å². The number of nitrogens with one attached hydrogen (secondary N) is 1. The molecule has 0 unspecified atom stereocenters. The Balaban J connectivity index is 1.68. The molecule has 1 fully saturated rings. The van der Waals surface area contributed by atoms with Crippen molar-refractivity contribution in [1.82, 2.24) is 0 Å². The quantitative estimate of drug-likeness (QED) is 0.843. The van der Waals surface area contributed by atoms with E-state index in [0.717, 1.165) is 11.3 Å². The Morgan fingerprint density at radius 2 is 1.88 bits per heavy atom. The van der Waals surface area contributed by atoms with Gasteiger partial charge in [-0.25, -0.2) is 0 Å². The molecule has 1 heterocycles. The number of halogens is 1. The first-order valence-electron chi connectivity index (χ1n) is 8.82. The monoisotopic (exact) mass is 370 g/mol. The molecular weight excluding hydrogens is 348 g/mol. The first-order valence-corrected chi connectivity index (χ1v) is 9.20. The van der Waals surface area contributed by atoms with E-state index in [0.29, 0.717) is 23.2 Å². The van der Waals surface area contributed by atoms with Crippen LogP contribution in [0.1, 0.15) is 37.3 Å². The lowest BCUT2D eigenvalue weighted by Crippen LogP contribution is -2.28. The number of aryl methyl sites for hydroxylation is 1. The van der Waals surface area contributed by atoms with Crippen molar-refractivity contribution >= 4 is 34.8 Å². The molecule has 0 bridgehead atoms. The summed E-state index contributed by atoms with van der Waals surface area (Å²) in [6.07, 6.45) is 0.220. The van der Waals surface area contributed by atoms with Crippen molar-refractivity contribution in [1.29, 1.82) is 0 Å². The molecule has 5 heteroatoms. The molecule has 3 rings (SSSR count). The van der Waals surface area contributed by atoms with Crippen LogP contribution in [-0.4, -0.2) is 18.4 Å². The van der Waals surface area contributed by atoms with Crippen LogP contribution in [0.15, 0.2) is 42.5 Å². The fourth-order valence-corrected chi connectivity index (χ4v) is 3.27. The van der Waals surface area contributed by atoms with Crippen molar-refractivity contribution in [2.45, 2.75) is 33.1 Å². The van der Waals surface area contributed by atoms with Gasteiger partial charge in [0.05, 0.1) is 5.92 Å². The lowest BCUT2D eigenvalue weighted by atomic mass is 10.0. The number of carbonyl (C=O) groups is 2. The van der Waals surface area contributed by atoms with Crippen LogP contribution in [0.4, 0.5) is 11.4 Å². The molecule has 2 aromatic rings. The van der Waals surface area contributed by atoms with Gasteiger partial charge in [0.15, 0.2) is 0 Å².